The SMILES string of the molecule is Cc1nc(N2CCC(CC(=O)N3CCSCC3)CC2)cc(C(F)(F)F)n1. The Morgan fingerprint density at radius 3 is 2.46 bits per heavy atom. The van der Waals surface area contributed by atoms with Crippen molar-refractivity contribution in [2.24, 2.45) is 5.92 Å². The predicted octanol–water partition coefficient (Wildman–Crippen LogP) is 2.99. The van der Waals surface area contributed by atoms with Crippen molar-refractivity contribution >= 4 is 23.5 Å². The van der Waals surface area contributed by atoms with Crippen molar-refractivity contribution in [3.63, 3.8) is 0 Å². The second kappa shape index (κ2) is 8.02. The number of carbonyl (C=O) groups excluding carboxylic acids is 1. The number of aryl methyl sites for hydroxylation is 1. The molecule has 2 aliphatic rings. The molecule has 0 aromatic carbocycles. The molecule has 0 unspecified atom stereocenters. The fraction of sp³-hybridized carbons (Fsp3) is 0.706. The second-order valence-corrected chi connectivity index (χ2v) is 8.01. The molecule has 1 amide bonds. The molecule has 1 aromatic heterocycles. The number of thioether (sulfide) groups is 1. The lowest BCUT2D eigenvalue weighted by atomic mass is 9.93. The third-order valence-corrected chi connectivity index (χ3v) is 5.82. The summed E-state index contributed by atoms with van der Waals surface area (Å²) >= 11 is 1.87. The lowest BCUT2D eigenvalue weighted by molar-refractivity contribution is -0.141. The van der Waals surface area contributed by atoms with E-state index in [1.54, 1.807) is 0 Å². The molecule has 0 N–H and O–H groups in total. The lowest BCUT2D eigenvalue weighted by Crippen LogP contribution is -2.41. The molecule has 0 atom stereocenters. The number of anilines is 1. The molecule has 2 aliphatic heterocycles. The average Bonchev–Trinajstić information content (AvgIpc) is 2.62. The van der Waals surface area contributed by atoms with E-state index in [4.69, 9.17) is 0 Å². The number of piperidine rings is 1. The molecule has 3 rings (SSSR count). The van der Waals surface area contributed by atoms with E-state index in [9.17, 15) is 18.0 Å². The maximum atomic E-state index is 12.9. The van der Waals surface area contributed by atoms with Gasteiger partial charge in [0.15, 0.2) is 0 Å². The van der Waals surface area contributed by atoms with Crippen LogP contribution in [0.2, 0.25) is 0 Å². The highest BCUT2D eigenvalue weighted by Crippen LogP contribution is 2.31. The molecule has 2 fully saturated rings. The van der Waals surface area contributed by atoms with Gasteiger partial charge in [-0.2, -0.15) is 24.9 Å². The first-order valence-corrected chi connectivity index (χ1v) is 10.0. The normalized spacial score (nSPS) is 19.7. The van der Waals surface area contributed by atoms with Crippen LogP contribution in [0.5, 0.6) is 0 Å². The largest absolute Gasteiger partial charge is 0.433 e. The van der Waals surface area contributed by atoms with E-state index in [-0.39, 0.29) is 11.7 Å². The lowest BCUT2D eigenvalue weighted by Gasteiger charge is -2.34. The fourth-order valence-electron chi connectivity index (χ4n) is 3.41. The molecule has 0 spiro atoms. The molecule has 144 valence electrons. The third-order valence-electron chi connectivity index (χ3n) is 4.88. The van der Waals surface area contributed by atoms with E-state index in [2.05, 4.69) is 9.97 Å². The first-order valence-electron chi connectivity index (χ1n) is 8.86. The van der Waals surface area contributed by atoms with Crippen LogP contribution in [0.15, 0.2) is 6.07 Å². The Labute approximate surface area is 155 Å². The number of hydrogen-bond acceptors (Lipinski definition) is 5. The monoisotopic (exact) mass is 388 g/mol. The Hall–Kier alpha value is -1.51. The van der Waals surface area contributed by atoms with Gasteiger partial charge in [-0.25, -0.2) is 9.97 Å². The Balaban J connectivity index is 1.57. The van der Waals surface area contributed by atoms with E-state index in [1.165, 1.54) is 6.92 Å². The van der Waals surface area contributed by atoms with E-state index >= 15 is 0 Å². The standard InChI is InChI=1S/C17H23F3N4OS/c1-12-21-14(17(18,19)20)11-15(22-12)23-4-2-13(3-5-23)10-16(25)24-6-8-26-9-7-24/h11,13H,2-10H2,1H3. The van der Waals surface area contributed by atoms with Gasteiger partial charge < -0.3 is 9.80 Å². The topological polar surface area (TPSA) is 49.3 Å². The van der Waals surface area contributed by atoms with Crippen LogP contribution in [-0.4, -0.2) is 58.5 Å². The molecule has 0 aliphatic carbocycles. The van der Waals surface area contributed by atoms with Gasteiger partial charge in [-0.3, -0.25) is 4.79 Å². The summed E-state index contributed by atoms with van der Waals surface area (Å²) in [6.07, 6.45) is -2.35. The van der Waals surface area contributed by atoms with Crippen LogP contribution < -0.4 is 4.90 Å². The van der Waals surface area contributed by atoms with Gasteiger partial charge in [0.2, 0.25) is 5.91 Å². The zero-order valence-corrected chi connectivity index (χ0v) is 15.6. The average molecular weight is 388 g/mol. The Morgan fingerprint density at radius 1 is 1.19 bits per heavy atom. The van der Waals surface area contributed by atoms with Crippen LogP contribution in [0.3, 0.4) is 0 Å². The van der Waals surface area contributed by atoms with Gasteiger partial charge in [0.05, 0.1) is 0 Å². The van der Waals surface area contributed by atoms with Crippen LogP contribution in [0.4, 0.5) is 19.0 Å². The molecule has 0 bridgehead atoms. The van der Waals surface area contributed by atoms with Crippen LogP contribution in [0, 0.1) is 12.8 Å². The third kappa shape index (κ3) is 4.81. The highest BCUT2D eigenvalue weighted by Gasteiger charge is 2.34. The van der Waals surface area contributed by atoms with Gasteiger partial charge in [0.25, 0.3) is 0 Å². The number of amides is 1. The van der Waals surface area contributed by atoms with Crippen molar-refractivity contribution in [1.29, 1.82) is 0 Å². The summed E-state index contributed by atoms with van der Waals surface area (Å²) < 4.78 is 38.8. The number of alkyl halides is 3. The summed E-state index contributed by atoms with van der Waals surface area (Å²) in [5.41, 5.74) is -0.903. The number of nitrogens with zero attached hydrogens (tertiary/aromatic N) is 4. The zero-order valence-electron chi connectivity index (χ0n) is 14.8. The molecule has 0 saturated carbocycles. The van der Waals surface area contributed by atoms with E-state index in [0.29, 0.717) is 31.2 Å². The summed E-state index contributed by atoms with van der Waals surface area (Å²) in [7, 11) is 0. The number of rotatable bonds is 3. The predicted molar refractivity (Wildman–Crippen MR) is 95.2 cm³/mol. The summed E-state index contributed by atoms with van der Waals surface area (Å²) in [5.74, 6) is 2.94. The first-order chi connectivity index (χ1) is 12.3. The quantitative estimate of drug-likeness (QED) is 0.797. The summed E-state index contributed by atoms with van der Waals surface area (Å²) in [6, 6.07) is 1.02. The van der Waals surface area contributed by atoms with Crippen molar-refractivity contribution in [3.8, 4) is 0 Å². The van der Waals surface area contributed by atoms with Gasteiger partial charge in [-0.05, 0) is 25.7 Å². The van der Waals surface area contributed by atoms with Gasteiger partial charge >= 0.3 is 6.18 Å². The van der Waals surface area contributed by atoms with Gasteiger partial charge in [0.1, 0.15) is 17.3 Å². The minimum atomic E-state index is -4.47. The first kappa shape index (κ1) is 19.3. The van der Waals surface area contributed by atoms with Crippen LogP contribution in [0.1, 0.15) is 30.8 Å². The smallest absolute Gasteiger partial charge is 0.356 e. The van der Waals surface area contributed by atoms with Crippen molar-refractivity contribution in [3.05, 3.63) is 17.6 Å². The summed E-state index contributed by atoms with van der Waals surface area (Å²) in [5, 5.41) is 0. The fourth-order valence-corrected chi connectivity index (χ4v) is 4.32. The molecule has 1 aromatic rings. The minimum absolute atomic E-state index is 0.120. The van der Waals surface area contributed by atoms with E-state index < -0.39 is 11.9 Å². The Bertz CT molecular complexity index is 641. The molecule has 2 saturated heterocycles. The van der Waals surface area contributed by atoms with Gasteiger partial charge in [-0.15, -0.1) is 0 Å². The van der Waals surface area contributed by atoms with Crippen molar-refractivity contribution in [2.75, 3.05) is 42.6 Å². The molecule has 9 heteroatoms. The molecule has 5 nitrogen and oxygen atoms in total. The number of carbonyl (C=O) groups is 1. The second-order valence-electron chi connectivity index (χ2n) is 6.78. The van der Waals surface area contributed by atoms with Crippen LogP contribution in [-0.2, 0) is 11.0 Å². The molecular weight excluding hydrogens is 365 g/mol. The Morgan fingerprint density at radius 2 is 1.85 bits per heavy atom. The van der Waals surface area contributed by atoms with Crippen molar-refractivity contribution < 1.29 is 18.0 Å². The van der Waals surface area contributed by atoms with Gasteiger partial charge in [0, 0.05) is 50.2 Å². The minimum Gasteiger partial charge on any atom is -0.356 e. The molecule has 0 radical (unpaired) electrons. The summed E-state index contributed by atoms with van der Waals surface area (Å²) in [4.78, 5) is 23.8. The van der Waals surface area contributed by atoms with Crippen molar-refractivity contribution in [2.45, 2.75) is 32.4 Å². The highest BCUT2D eigenvalue weighted by atomic mass is 32.2. The number of halogens is 3. The molecular formula is C17H23F3N4OS. The van der Waals surface area contributed by atoms with Crippen LogP contribution >= 0.6 is 11.8 Å². The van der Waals surface area contributed by atoms with E-state index in [1.807, 2.05) is 21.6 Å². The van der Waals surface area contributed by atoms with Crippen molar-refractivity contribution in [1.82, 2.24) is 14.9 Å². The van der Waals surface area contributed by atoms with Crippen LogP contribution in [0.25, 0.3) is 0 Å². The molecule has 3 heterocycles. The maximum absolute atomic E-state index is 12.9. The van der Waals surface area contributed by atoms with Gasteiger partial charge in [-0.1, -0.05) is 0 Å². The molecule has 26 heavy (non-hydrogen) atoms. The van der Waals surface area contributed by atoms with E-state index in [0.717, 1.165) is 43.5 Å². The maximum Gasteiger partial charge on any atom is 0.433 e. The zero-order chi connectivity index (χ0) is 18.7. The Kier molecular flexibility index (Phi) is 5.94. The number of aromatic nitrogens is 2. The summed E-state index contributed by atoms with van der Waals surface area (Å²) in [6.45, 7) is 4.34. The number of hydrogen-bond donors (Lipinski definition) is 0. The highest BCUT2D eigenvalue weighted by molar-refractivity contribution is 7.99.